The minimum atomic E-state index is -4.93. The smallest absolute Gasteiger partial charge is 0.298 e. The Morgan fingerprint density at radius 2 is 0.640 bits per heavy atom. The third kappa shape index (κ3) is 18.0. The largest absolute Gasteiger partial charge is 0.508 e. The van der Waals surface area contributed by atoms with E-state index in [9.17, 15) is 114 Å². The number of rotatable bonds is 21. The van der Waals surface area contributed by atoms with Crippen molar-refractivity contribution in [2.45, 2.75) is 36.3 Å². The normalized spacial score (nSPS) is 11.6. The summed E-state index contributed by atoms with van der Waals surface area (Å²) < 4.78 is 381. The molecule has 11 rings (SSSR count). The van der Waals surface area contributed by atoms with E-state index in [1.807, 2.05) is 0 Å². The van der Waals surface area contributed by atoms with Crippen LogP contribution in [0.3, 0.4) is 0 Å². The molecule has 0 atom stereocenters. The van der Waals surface area contributed by atoms with Crippen molar-refractivity contribution in [3.8, 4) is 96.6 Å². The van der Waals surface area contributed by atoms with Crippen LogP contribution in [0.5, 0.6) is 63.2 Å². The van der Waals surface area contributed by atoms with Gasteiger partial charge in [0.2, 0.25) is 66.1 Å². The summed E-state index contributed by atoms with van der Waals surface area (Å²) in [7, 11) is -15.2. The molecule has 111 heavy (non-hydrogen) atoms. The van der Waals surface area contributed by atoms with Gasteiger partial charge in [0.1, 0.15) is 50.9 Å². The summed E-state index contributed by atoms with van der Waals surface area (Å²) in [6.07, 6.45) is 0.715. The van der Waals surface area contributed by atoms with E-state index in [0.29, 0.717) is 49.0 Å². The zero-order valence-corrected chi connectivity index (χ0v) is 59.5. The highest BCUT2D eigenvalue weighted by Gasteiger charge is 2.38. The van der Waals surface area contributed by atoms with Gasteiger partial charge in [-0.2, -0.15) is 43.2 Å². The molecule has 0 saturated heterocycles. The lowest BCUT2D eigenvalue weighted by Crippen LogP contribution is -2.09. The van der Waals surface area contributed by atoms with Crippen LogP contribution in [0.4, 0.5) is 70.2 Å². The predicted molar refractivity (Wildman–Crippen MR) is 356 cm³/mol. The molecule has 20 nitrogen and oxygen atoms in total. The Kier molecular flexibility index (Phi) is 25.4. The Hall–Kier alpha value is -11.2. The highest BCUT2D eigenvalue weighted by Crippen LogP contribution is 2.46. The van der Waals surface area contributed by atoms with Crippen molar-refractivity contribution >= 4 is 52.0 Å². The lowest BCUT2D eigenvalue weighted by molar-refractivity contribution is -0.432. The number of phenolic OH excluding ortho intramolecular Hbond substituents is 1. The first-order valence-corrected chi connectivity index (χ1v) is 36.8. The Morgan fingerprint density at radius 1 is 0.342 bits per heavy atom. The van der Waals surface area contributed by atoms with Gasteiger partial charge in [0, 0.05) is 5.56 Å². The van der Waals surface area contributed by atoms with Crippen molar-refractivity contribution in [2.24, 2.45) is 0 Å². The van der Waals surface area contributed by atoms with Crippen LogP contribution in [0.2, 0.25) is 0 Å². The van der Waals surface area contributed by atoms with Crippen LogP contribution < -0.4 is 28.4 Å². The molecule has 41 heteroatoms. The Morgan fingerprint density at radius 3 is 1.00 bits per heavy atom. The summed E-state index contributed by atoms with van der Waals surface area (Å²) >= 11 is 0.234. The van der Waals surface area contributed by atoms with E-state index >= 15 is 0 Å². The molecule has 0 bridgehead atoms. The SMILES string of the molecule is COc1c(F)c(F)c(-c2c(F)c(F)c(Oc3ccc(-c4ccc(Oc5ccc(S(=O)(=O)c6ccc(O)cc6)cc5)cc4)cc3)c(F)c2F)c(F)c1F.COc1ccc(S(=O)(=O)c2ccc(Oc3ccc(Oc4c(F)c(F)c(-c5c(F)c(F)c(C)c(F)c5F)c(F)c4F)cc3)c(SOOO)c2)cc1S(=O)(=O)O.CS(=O)(=O)O. The number of phenols is 1. The number of hydrogen-bond donors (Lipinski definition) is 4. The number of sulfone groups is 2. The lowest BCUT2D eigenvalue weighted by atomic mass is 9.99. The van der Waals surface area contributed by atoms with E-state index in [-0.39, 0.29) is 55.5 Å². The van der Waals surface area contributed by atoms with Crippen molar-refractivity contribution in [3.05, 3.63) is 256 Å². The molecule has 584 valence electrons. The molecule has 0 fully saturated rings. The van der Waals surface area contributed by atoms with Crippen LogP contribution in [0, 0.1) is 100.0 Å². The average molecular weight is 1670 g/mol. The maximum absolute atomic E-state index is 15.0. The van der Waals surface area contributed by atoms with Crippen molar-refractivity contribution in [1.82, 2.24) is 0 Å². The Balaban J connectivity index is 0.000000241. The fraction of sp³-hybridized carbons (Fsp3) is 0.0571. The van der Waals surface area contributed by atoms with E-state index in [1.54, 1.807) is 24.3 Å². The second-order valence-electron chi connectivity index (χ2n) is 22.1. The molecule has 0 aliphatic heterocycles. The van der Waals surface area contributed by atoms with E-state index in [1.165, 1.54) is 72.8 Å². The number of ether oxygens (including phenoxy) is 6. The Bertz CT molecular complexity index is 5800. The summed E-state index contributed by atoms with van der Waals surface area (Å²) in [4.78, 5) is -2.08. The van der Waals surface area contributed by atoms with E-state index < -0.39 is 198 Å². The van der Waals surface area contributed by atoms with Gasteiger partial charge in [0.25, 0.3) is 20.2 Å². The fourth-order valence-electron chi connectivity index (χ4n) is 9.78. The highest BCUT2D eigenvalue weighted by molar-refractivity contribution is 7.95. The number of benzene rings is 11. The fourth-order valence-corrected chi connectivity index (χ4v) is 13.7. The summed E-state index contributed by atoms with van der Waals surface area (Å²) in [6.45, 7) is 0.613. The van der Waals surface area contributed by atoms with Gasteiger partial charge in [-0.05, 0) is 152 Å². The molecule has 0 radical (unpaired) electrons. The first-order chi connectivity index (χ1) is 52.0. The first kappa shape index (κ1) is 83.9. The molecular weight excluding hydrogens is 1630 g/mol. The number of hydrogen-bond acceptors (Lipinski definition) is 19. The van der Waals surface area contributed by atoms with Crippen LogP contribution in [-0.4, -0.2) is 73.6 Å². The quantitative estimate of drug-likeness (QED) is 0.0130. The molecule has 0 unspecified atom stereocenters. The maximum atomic E-state index is 15.0. The molecule has 0 aliphatic carbocycles. The first-order valence-electron chi connectivity index (χ1n) is 29.8. The second kappa shape index (κ2) is 33.6. The molecule has 0 aromatic heterocycles. The summed E-state index contributed by atoms with van der Waals surface area (Å²) in [6, 6.07) is 32.3. The Labute approximate surface area is 619 Å². The number of halogens is 16. The van der Waals surface area contributed by atoms with Crippen LogP contribution in [-0.2, 0) is 49.3 Å². The molecule has 11 aromatic rings. The highest BCUT2D eigenvalue weighted by atomic mass is 32.2. The minimum absolute atomic E-state index is 0.00364. The van der Waals surface area contributed by atoms with Crippen LogP contribution in [0.1, 0.15) is 5.56 Å². The molecule has 0 aliphatic rings. The van der Waals surface area contributed by atoms with Gasteiger partial charge in [-0.1, -0.05) is 29.3 Å². The van der Waals surface area contributed by atoms with Gasteiger partial charge in [-0.15, -0.1) is 4.33 Å². The maximum Gasteiger partial charge on any atom is 0.298 e. The number of aromatic hydroxyl groups is 1. The molecule has 4 N–H and O–H groups in total. The molecule has 0 amide bonds. The second-order valence-corrected chi connectivity index (χ2v) is 29.6. The molecular formula is C70H42F16O20S5. The third-order valence-electron chi connectivity index (χ3n) is 15.0. The standard InChI is InChI=1S/C37H20F8O6S.C32H18F8O11S3.CH4O3S/c1-49-36-32(42)28(38)26(29(39)33(36)43)27-30(40)34(44)37(35(45)31(27)41)51-23-10-4-19(5-11-23)18-2-8-21(9-3-18)50-22-12-16-25(17-13-22)52(47,48)24-14-6-20(46)7-15-24;1-13-24(33)26(35)22(27(36)25(13)34)23-28(37)30(39)32(31(40)29(23)38)49-15-5-3-14(4-6-15)48-18-9-7-16(11-20(18)52-51-50-41)53(42,43)17-8-10-19(47-2)21(12-17)54(44,45)46;1-5(2,3)4/h2-17,46H,1H3;3-12,41H,1-2H3,(H,44,45,46);1H3,(H,2,3,4). The number of methoxy groups -OCH3 is 2. The van der Waals surface area contributed by atoms with E-state index in [4.69, 9.17) is 33.5 Å². The average Bonchev–Trinajstić information content (AvgIpc) is 0.748. The zero-order chi connectivity index (χ0) is 81.8. The van der Waals surface area contributed by atoms with Gasteiger partial charge < -0.3 is 33.5 Å². The van der Waals surface area contributed by atoms with Crippen LogP contribution in [0.15, 0.2) is 187 Å². The molecule has 0 heterocycles. The van der Waals surface area contributed by atoms with Crippen molar-refractivity contribution in [2.75, 3.05) is 20.5 Å². The van der Waals surface area contributed by atoms with E-state index in [2.05, 4.69) is 14.1 Å². The summed E-state index contributed by atoms with van der Waals surface area (Å²) in [5.41, 5.74) is -8.23. The van der Waals surface area contributed by atoms with Gasteiger partial charge in [-0.25, -0.2) is 66.0 Å². The summed E-state index contributed by atoms with van der Waals surface area (Å²) in [5, 5.41) is 21.6. The summed E-state index contributed by atoms with van der Waals surface area (Å²) in [5.74, 6) is -42.4. The lowest BCUT2D eigenvalue weighted by Gasteiger charge is -2.15. The van der Waals surface area contributed by atoms with Crippen LogP contribution >= 0.6 is 12.0 Å². The van der Waals surface area contributed by atoms with Gasteiger partial charge in [0.05, 0.1) is 79.2 Å². The third-order valence-corrected chi connectivity index (χ3v) is 20.0. The van der Waals surface area contributed by atoms with Gasteiger partial charge in [0.15, 0.2) is 63.9 Å². The van der Waals surface area contributed by atoms with Crippen molar-refractivity contribution in [3.63, 3.8) is 0 Å². The monoisotopic (exact) mass is 1670 g/mol. The molecule has 11 aromatic carbocycles. The van der Waals surface area contributed by atoms with Gasteiger partial charge in [-0.3, -0.25) is 9.11 Å². The van der Waals surface area contributed by atoms with Crippen LogP contribution in [0.25, 0.3) is 33.4 Å². The van der Waals surface area contributed by atoms with E-state index in [0.717, 1.165) is 61.7 Å². The van der Waals surface area contributed by atoms with Crippen molar-refractivity contribution < 1.29 is 161 Å². The topological polar surface area (TPSA) is 291 Å². The van der Waals surface area contributed by atoms with Crippen molar-refractivity contribution in [1.29, 1.82) is 0 Å². The molecule has 0 saturated carbocycles. The minimum Gasteiger partial charge on any atom is -0.508 e. The van der Waals surface area contributed by atoms with Gasteiger partial charge >= 0.3 is 0 Å². The predicted octanol–water partition coefficient (Wildman–Crippen LogP) is 18.6. The molecule has 0 spiro atoms. The zero-order valence-electron chi connectivity index (χ0n) is 55.4.